The molecule has 15 heteroatoms. The minimum absolute atomic E-state index is 0.109. The van der Waals surface area contributed by atoms with Gasteiger partial charge >= 0.3 is 11.9 Å². The standard InChI is InChI=1S/C61H112O15/c1-3-5-7-9-11-13-15-17-19-21-22-23-24-25-26-28-30-32-34-36-38-40-42-44-53(64)74-49(46-71-52(63)43-41-39-37-35-33-31-29-27-20-18-16-14-12-10-8-6-4-2)47-72-60-59(70)57(68)55(66)51(76-60)48-73-61-58(69)56(67)54(65)50(45-62)75-61/h28,30,36,38,49-51,54-62,65-70H,3-27,29,31-35,37,39-48H2,1-2H3/b30-28+,38-36+/t49-,50+,51+,54-,55-,56?,57?,58?,59?,60+,61+/m1/s1. The molecule has 0 radical (unpaired) electrons. The van der Waals surface area contributed by atoms with Crippen molar-refractivity contribution >= 4 is 11.9 Å². The highest BCUT2D eigenvalue weighted by molar-refractivity contribution is 5.70. The smallest absolute Gasteiger partial charge is 0.306 e. The van der Waals surface area contributed by atoms with Gasteiger partial charge in [0.2, 0.25) is 0 Å². The van der Waals surface area contributed by atoms with Crippen molar-refractivity contribution in [1.82, 2.24) is 0 Å². The summed E-state index contributed by atoms with van der Waals surface area (Å²) in [5.41, 5.74) is 0. The number of rotatable bonds is 50. The Morgan fingerprint density at radius 3 is 1.24 bits per heavy atom. The van der Waals surface area contributed by atoms with Crippen molar-refractivity contribution in [3.8, 4) is 0 Å². The van der Waals surface area contributed by atoms with Crippen LogP contribution in [-0.4, -0.2) is 142 Å². The molecule has 2 rings (SSSR count). The molecule has 76 heavy (non-hydrogen) atoms. The van der Waals surface area contributed by atoms with Crippen LogP contribution in [0, 0.1) is 0 Å². The van der Waals surface area contributed by atoms with Crippen LogP contribution in [0.1, 0.15) is 258 Å². The van der Waals surface area contributed by atoms with Crippen molar-refractivity contribution in [2.45, 2.75) is 325 Å². The molecule has 2 aliphatic rings. The van der Waals surface area contributed by atoms with Crippen molar-refractivity contribution in [2.75, 3.05) is 26.4 Å². The second-order valence-corrected chi connectivity index (χ2v) is 21.9. The number of aliphatic hydroxyl groups is 7. The van der Waals surface area contributed by atoms with Gasteiger partial charge in [0.05, 0.1) is 19.8 Å². The Morgan fingerprint density at radius 1 is 0.408 bits per heavy atom. The predicted molar refractivity (Wildman–Crippen MR) is 298 cm³/mol. The van der Waals surface area contributed by atoms with E-state index in [0.717, 1.165) is 38.5 Å². The number of hydrogen-bond donors (Lipinski definition) is 7. The molecule has 0 spiro atoms. The van der Waals surface area contributed by atoms with Crippen LogP contribution in [0.3, 0.4) is 0 Å². The molecule has 0 aliphatic carbocycles. The van der Waals surface area contributed by atoms with Gasteiger partial charge in [0.25, 0.3) is 0 Å². The lowest BCUT2D eigenvalue weighted by molar-refractivity contribution is -0.332. The van der Waals surface area contributed by atoms with E-state index in [0.29, 0.717) is 19.3 Å². The zero-order chi connectivity index (χ0) is 55.3. The maximum atomic E-state index is 13.1. The summed E-state index contributed by atoms with van der Waals surface area (Å²) in [6, 6.07) is 0. The first kappa shape index (κ1) is 70.1. The topological polar surface area (TPSA) is 231 Å². The monoisotopic (exact) mass is 1080 g/mol. The molecule has 15 nitrogen and oxygen atoms in total. The Balaban J connectivity index is 1.74. The normalized spacial score (nSPS) is 24.4. The summed E-state index contributed by atoms with van der Waals surface area (Å²) in [6.45, 7) is 2.61. The fourth-order valence-electron chi connectivity index (χ4n) is 9.89. The summed E-state index contributed by atoms with van der Waals surface area (Å²) in [5.74, 6) is -0.960. The molecule has 0 saturated carbocycles. The van der Waals surface area contributed by atoms with E-state index in [1.165, 1.54) is 173 Å². The summed E-state index contributed by atoms with van der Waals surface area (Å²) in [5, 5.41) is 72.3. The van der Waals surface area contributed by atoms with Gasteiger partial charge in [-0.3, -0.25) is 9.59 Å². The van der Waals surface area contributed by atoms with Crippen molar-refractivity contribution in [1.29, 1.82) is 0 Å². The molecular weight excluding hydrogens is 973 g/mol. The maximum Gasteiger partial charge on any atom is 0.306 e. The van der Waals surface area contributed by atoms with Gasteiger partial charge in [-0.25, -0.2) is 0 Å². The Hall–Kier alpha value is -2.02. The van der Waals surface area contributed by atoms with Crippen molar-refractivity contribution < 1.29 is 73.8 Å². The third-order valence-corrected chi connectivity index (χ3v) is 14.9. The van der Waals surface area contributed by atoms with E-state index in [4.69, 9.17) is 28.4 Å². The highest BCUT2D eigenvalue weighted by Crippen LogP contribution is 2.27. The first-order valence-corrected chi connectivity index (χ1v) is 30.9. The lowest BCUT2D eigenvalue weighted by atomic mass is 9.98. The molecule has 11 atom stereocenters. The van der Waals surface area contributed by atoms with Gasteiger partial charge in [0, 0.05) is 12.8 Å². The van der Waals surface area contributed by atoms with Crippen LogP contribution in [0.15, 0.2) is 24.3 Å². The Bertz CT molecular complexity index is 1410. The van der Waals surface area contributed by atoms with Gasteiger partial charge in [-0.2, -0.15) is 0 Å². The van der Waals surface area contributed by atoms with Crippen molar-refractivity contribution in [2.24, 2.45) is 0 Å². The third-order valence-electron chi connectivity index (χ3n) is 14.9. The van der Waals surface area contributed by atoms with Crippen LogP contribution < -0.4 is 0 Å². The Morgan fingerprint density at radius 2 is 0.776 bits per heavy atom. The van der Waals surface area contributed by atoms with E-state index < -0.39 is 99.3 Å². The van der Waals surface area contributed by atoms with Gasteiger partial charge in [-0.15, -0.1) is 0 Å². The maximum absolute atomic E-state index is 13.1. The summed E-state index contributed by atoms with van der Waals surface area (Å²) < 4.78 is 33.7. The van der Waals surface area contributed by atoms with Gasteiger partial charge in [-0.05, 0) is 44.9 Å². The summed E-state index contributed by atoms with van der Waals surface area (Å²) in [7, 11) is 0. The van der Waals surface area contributed by atoms with E-state index in [2.05, 4.69) is 38.2 Å². The zero-order valence-corrected chi connectivity index (χ0v) is 47.8. The molecular formula is C61H112O15. The van der Waals surface area contributed by atoms with E-state index in [-0.39, 0.29) is 19.4 Å². The van der Waals surface area contributed by atoms with E-state index in [1.54, 1.807) is 0 Å². The minimum Gasteiger partial charge on any atom is -0.462 e. The number of carbonyl (C=O) groups is 2. The number of allylic oxidation sites excluding steroid dienone is 4. The van der Waals surface area contributed by atoms with Crippen LogP contribution in [0.5, 0.6) is 0 Å². The Kier molecular flexibility index (Phi) is 44.0. The lowest BCUT2D eigenvalue weighted by Crippen LogP contribution is -2.61. The van der Waals surface area contributed by atoms with Crippen LogP contribution in [-0.2, 0) is 38.0 Å². The number of hydrogen-bond acceptors (Lipinski definition) is 15. The average molecular weight is 1090 g/mol. The van der Waals surface area contributed by atoms with Gasteiger partial charge < -0.3 is 64.2 Å². The van der Waals surface area contributed by atoms with Gasteiger partial charge in [0.1, 0.15) is 55.4 Å². The first-order chi connectivity index (χ1) is 37.0. The molecule has 2 heterocycles. The zero-order valence-electron chi connectivity index (χ0n) is 47.8. The quantitative estimate of drug-likeness (QED) is 0.0171. The minimum atomic E-state index is -1.77. The molecule has 0 aromatic carbocycles. The second kappa shape index (κ2) is 47.8. The van der Waals surface area contributed by atoms with Gasteiger partial charge in [-0.1, -0.05) is 224 Å². The number of carbonyl (C=O) groups excluding carboxylic acids is 2. The highest BCUT2D eigenvalue weighted by atomic mass is 16.7. The average Bonchev–Trinajstić information content (AvgIpc) is 3.41. The largest absolute Gasteiger partial charge is 0.462 e. The molecule has 0 aromatic rings. The molecule has 2 saturated heterocycles. The van der Waals surface area contributed by atoms with Crippen molar-refractivity contribution in [3.05, 3.63) is 24.3 Å². The van der Waals surface area contributed by atoms with E-state index >= 15 is 0 Å². The van der Waals surface area contributed by atoms with Crippen LogP contribution in [0.2, 0.25) is 0 Å². The summed E-state index contributed by atoms with van der Waals surface area (Å²) >= 11 is 0. The molecule has 2 fully saturated rings. The third kappa shape index (κ3) is 34.2. The molecule has 446 valence electrons. The Labute approximate surface area is 460 Å². The predicted octanol–water partition coefficient (Wildman–Crippen LogP) is 11.1. The number of aliphatic hydroxyl groups excluding tert-OH is 7. The number of esters is 2. The van der Waals surface area contributed by atoms with E-state index in [9.17, 15) is 45.3 Å². The molecule has 0 bridgehead atoms. The van der Waals surface area contributed by atoms with Crippen molar-refractivity contribution in [3.63, 3.8) is 0 Å². The second-order valence-electron chi connectivity index (χ2n) is 21.9. The molecule has 2 aliphatic heterocycles. The van der Waals surface area contributed by atoms with Gasteiger partial charge in [0.15, 0.2) is 18.7 Å². The van der Waals surface area contributed by atoms with Crippen LogP contribution in [0.4, 0.5) is 0 Å². The first-order valence-electron chi connectivity index (χ1n) is 30.9. The lowest BCUT2D eigenvalue weighted by Gasteiger charge is -2.42. The van der Waals surface area contributed by atoms with E-state index in [1.807, 2.05) is 0 Å². The number of ether oxygens (including phenoxy) is 6. The molecule has 4 unspecified atom stereocenters. The van der Waals surface area contributed by atoms with Crippen LogP contribution in [0.25, 0.3) is 0 Å². The summed E-state index contributed by atoms with van der Waals surface area (Å²) in [4.78, 5) is 25.9. The van der Waals surface area contributed by atoms with Crippen LogP contribution >= 0.6 is 0 Å². The fraction of sp³-hybridized carbons (Fsp3) is 0.902. The molecule has 0 aromatic heterocycles. The fourth-order valence-corrected chi connectivity index (χ4v) is 9.89. The highest BCUT2D eigenvalue weighted by Gasteiger charge is 2.47. The molecule has 7 N–H and O–H groups in total. The molecule has 0 amide bonds. The SMILES string of the molecule is CCCCCCCCCCCCCCCC/C=C/CC/C=C/CCCC(=O)O[C@H](COC(=O)CCCCCCCCCCCCCCCCCCC)CO[C@H]1O[C@@H](CO[C@H]2O[C@@H](CO)[C@@H](O)C(O)C2O)[C@@H](O)C(O)C1O. The number of unbranched alkanes of at least 4 members (excludes halogenated alkanes) is 32. The summed E-state index contributed by atoms with van der Waals surface area (Å²) in [6.07, 6.45) is 36.4.